The highest BCUT2D eigenvalue weighted by Crippen LogP contribution is 2.31. The van der Waals surface area contributed by atoms with E-state index in [1.807, 2.05) is 6.92 Å². The molecule has 2 unspecified atom stereocenters. The number of hydrogen-bond acceptors (Lipinski definition) is 3. The second-order valence-corrected chi connectivity index (χ2v) is 4.15. The van der Waals surface area contributed by atoms with Crippen LogP contribution >= 0.6 is 0 Å². The zero-order chi connectivity index (χ0) is 10.6. The zero-order valence-corrected chi connectivity index (χ0v) is 9.25. The number of ether oxygens (including phenoxy) is 2. The van der Waals surface area contributed by atoms with Crippen molar-refractivity contribution in [1.82, 2.24) is 0 Å². The Morgan fingerprint density at radius 2 is 2.36 bits per heavy atom. The van der Waals surface area contributed by atoms with Gasteiger partial charge in [0, 0.05) is 19.4 Å². The van der Waals surface area contributed by atoms with Gasteiger partial charge >= 0.3 is 0 Å². The molecule has 14 heavy (non-hydrogen) atoms. The van der Waals surface area contributed by atoms with Gasteiger partial charge < -0.3 is 9.47 Å². The van der Waals surface area contributed by atoms with E-state index in [1.165, 1.54) is 0 Å². The molecule has 80 valence electrons. The first-order chi connectivity index (χ1) is 6.63. The van der Waals surface area contributed by atoms with Crippen LogP contribution in [0.15, 0.2) is 0 Å². The summed E-state index contributed by atoms with van der Waals surface area (Å²) in [6, 6.07) is 2.30. The third-order valence-corrected chi connectivity index (χ3v) is 2.74. The summed E-state index contributed by atoms with van der Waals surface area (Å²) in [7, 11) is 0. The van der Waals surface area contributed by atoms with Crippen molar-refractivity contribution in [2.24, 2.45) is 5.92 Å². The Kier molecular flexibility index (Phi) is 3.91. The van der Waals surface area contributed by atoms with Crippen LogP contribution in [0.2, 0.25) is 0 Å². The van der Waals surface area contributed by atoms with E-state index in [0.717, 1.165) is 0 Å². The number of hydrogen-bond donors (Lipinski definition) is 0. The predicted octanol–water partition coefficient (Wildman–Crippen LogP) is 2.12. The Hall–Kier alpha value is -0.590. The minimum absolute atomic E-state index is 0.162. The molecular weight excluding hydrogens is 178 g/mol. The van der Waals surface area contributed by atoms with Crippen LogP contribution in [0, 0.1) is 17.2 Å². The molecule has 2 atom stereocenters. The van der Waals surface area contributed by atoms with Gasteiger partial charge in [0.25, 0.3) is 0 Å². The molecule has 3 nitrogen and oxygen atoms in total. The molecule has 0 aromatic rings. The van der Waals surface area contributed by atoms with E-state index in [-0.39, 0.29) is 6.10 Å². The molecule has 1 saturated heterocycles. The van der Waals surface area contributed by atoms with Crippen LogP contribution in [0.1, 0.15) is 33.6 Å². The highest BCUT2D eigenvalue weighted by Gasteiger charge is 2.38. The van der Waals surface area contributed by atoms with Crippen molar-refractivity contribution in [3.05, 3.63) is 0 Å². The Balaban J connectivity index is 2.65. The molecule has 0 aliphatic carbocycles. The van der Waals surface area contributed by atoms with Gasteiger partial charge in [-0.2, -0.15) is 5.26 Å². The van der Waals surface area contributed by atoms with Gasteiger partial charge in [-0.05, 0) is 12.8 Å². The predicted molar refractivity (Wildman–Crippen MR) is 53.8 cm³/mol. The summed E-state index contributed by atoms with van der Waals surface area (Å²) < 4.78 is 11.2. The Bertz CT molecular complexity index is 218. The monoisotopic (exact) mass is 197 g/mol. The molecule has 0 N–H and O–H groups in total. The van der Waals surface area contributed by atoms with E-state index in [2.05, 4.69) is 19.9 Å². The molecule has 1 aliphatic rings. The first-order valence-electron chi connectivity index (χ1n) is 5.30. The summed E-state index contributed by atoms with van der Waals surface area (Å²) in [5.41, 5.74) is -0.595. The normalized spacial score (nSPS) is 32.9. The van der Waals surface area contributed by atoms with E-state index >= 15 is 0 Å². The lowest BCUT2D eigenvalue weighted by Gasteiger charge is -2.37. The van der Waals surface area contributed by atoms with Crippen molar-refractivity contribution >= 4 is 0 Å². The van der Waals surface area contributed by atoms with Gasteiger partial charge in [-0.25, -0.2) is 0 Å². The number of nitriles is 1. The lowest BCUT2D eigenvalue weighted by atomic mass is 9.87. The summed E-state index contributed by atoms with van der Waals surface area (Å²) >= 11 is 0. The van der Waals surface area contributed by atoms with Crippen LogP contribution < -0.4 is 0 Å². The van der Waals surface area contributed by atoms with E-state index < -0.39 is 5.60 Å². The standard InChI is InChI=1S/C11H19NO2/c1-4-14-11(8-12)5-6-13-10(7-11)9(2)3/h9-10H,4-7H2,1-3H3. The number of rotatable bonds is 3. The van der Waals surface area contributed by atoms with Crippen LogP contribution in [0.3, 0.4) is 0 Å². The van der Waals surface area contributed by atoms with Crippen molar-refractivity contribution in [2.75, 3.05) is 13.2 Å². The van der Waals surface area contributed by atoms with Crippen LogP contribution in [0.4, 0.5) is 0 Å². The van der Waals surface area contributed by atoms with E-state index in [4.69, 9.17) is 14.7 Å². The van der Waals surface area contributed by atoms with Crippen molar-refractivity contribution in [2.45, 2.75) is 45.3 Å². The summed E-state index contributed by atoms with van der Waals surface area (Å²) in [5.74, 6) is 0.448. The molecule has 1 fully saturated rings. The lowest BCUT2D eigenvalue weighted by Crippen LogP contribution is -2.43. The van der Waals surface area contributed by atoms with Crippen LogP contribution in [-0.4, -0.2) is 24.9 Å². The smallest absolute Gasteiger partial charge is 0.158 e. The van der Waals surface area contributed by atoms with Gasteiger partial charge in [0.05, 0.1) is 18.8 Å². The van der Waals surface area contributed by atoms with Crippen molar-refractivity contribution in [1.29, 1.82) is 5.26 Å². The molecule has 1 rings (SSSR count). The maximum absolute atomic E-state index is 9.14. The highest BCUT2D eigenvalue weighted by molar-refractivity contribution is 5.05. The average Bonchev–Trinajstić information content (AvgIpc) is 2.18. The molecule has 0 aromatic heterocycles. The van der Waals surface area contributed by atoms with Crippen molar-refractivity contribution in [3.8, 4) is 6.07 Å². The van der Waals surface area contributed by atoms with Crippen LogP contribution in [0.5, 0.6) is 0 Å². The quantitative estimate of drug-likeness (QED) is 0.696. The lowest BCUT2D eigenvalue weighted by molar-refractivity contribution is -0.118. The first-order valence-corrected chi connectivity index (χ1v) is 5.30. The molecular formula is C11H19NO2. The van der Waals surface area contributed by atoms with Crippen LogP contribution in [-0.2, 0) is 9.47 Å². The molecule has 0 spiro atoms. The third-order valence-electron chi connectivity index (χ3n) is 2.74. The third kappa shape index (κ3) is 2.46. The SMILES string of the molecule is CCOC1(C#N)CCOC(C(C)C)C1. The molecule has 0 aromatic carbocycles. The van der Waals surface area contributed by atoms with Gasteiger partial charge in [-0.15, -0.1) is 0 Å². The maximum atomic E-state index is 9.14. The summed E-state index contributed by atoms with van der Waals surface area (Å²) in [4.78, 5) is 0. The molecule has 0 bridgehead atoms. The fraction of sp³-hybridized carbons (Fsp3) is 0.909. The van der Waals surface area contributed by atoms with E-state index in [9.17, 15) is 0 Å². The number of nitrogens with zero attached hydrogens (tertiary/aromatic N) is 1. The van der Waals surface area contributed by atoms with E-state index in [0.29, 0.717) is 32.0 Å². The van der Waals surface area contributed by atoms with Gasteiger partial charge in [0.1, 0.15) is 0 Å². The van der Waals surface area contributed by atoms with Crippen molar-refractivity contribution in [3.63, 3.8) is 0 Å². The summed E-state index contributed by atoms with van der Waals surface area (Å²) in [6.45, 7) is 7.39. The largest absolute Gasteiger partial charge is 0.378 e. The molecule has 1 heterocycles. The fourth-order valence-electron chi connectivity index (χ4n) is 1.83. The second kappa shape index (κ2) is 4.77. The van der Waals surface area contributed by atoms with Gasteiger partial charge in [0.2, 0.25) is 0 Å². The van der Waals surface area contributed by atoms with Gasteiger partial charge in [-0.1, -0.05) is 13.8 Å². The molecule has 1 aliphatic heterocycles. The fourth-order valence-corrected chi connectivity index (χ4v) is 1.83. The zero-order valence-electron chi connectivity index (χ0n) is 9.25. The second-order valence-electron chi connectivity index (χ2n) is 4.15. The topological polar surface area (TPSA) is 42.2 Å². The maximum Gasteiger partial charge on any atom is 0.158 e. The molecule has 3 heteroatoms. The van der Waals surface area contributed by atoms with Crippen LogP contribution in [0.25, 0.3) is 0 Å². The molecule has 0 amide bonds. The average molecular weight is 197 g/mol. The van der Waals surface area contributed by atoms with Gasteiger partial charge in [0.15, 0.2) is 5.60 Å². The van der Waals surface area contributed by atoms with Gasteiger partial charge in [-0.3, -0.25) is 0 Å². The Labute approximate surface area is 86.0 Å². The summed E-state index contributed by atoms with van der Waals surface area (Å²) in [5, 5.41) is 9.14. The van der Waals surface area contributed by atoms with Crippen molar-refractivity contribution < 1.29 is 9.47 Å². The first kappa shape index (κ1) is 11.5. The van der Waals surface area contributed by atoms with E-state index in [1.54, 1.807) is 0 Å². The highest BCUT2D eigenvalue weighted by atomic mass is 16.5. The molecule has 0 saturated carbocycles. The Morgan fingerprint density at radius 3 is 2.86 bits per heavy atom. The molecule has 0 radical (unpaired) electrons. The summed E-state index contributed by atoms with van der Waals surface area (Å²) in [6.07, 6.45) is 1.56. The minimum Gasteiger partial charge on any atom is -0.378 e. The minimum atomic E-state index is -0.595. The Morgan fingerprint density at radius 1 is 1.64 bits per heavy atom.